The molecule has 1 aliphatic rings. The molecule has 1 saturated carbocycles. The summed E-state index contributed by atoms with van der Waals surface area (Å²) in [6.07, 6.45) is 4.45. The molecule has 72 valence electrons. The summed E-state index contributed by atoms with van der Waals surface area (Å²) in [5.41, 5.74) is 0.864. The Morgan fingerprint density at radius 3 is 3.00 bits per heavy atom. The molecular formula is C10H15NOS. The summed E-state index contributed by atoms with van der Waals surface area (Å²) in [6, 6.07) is 0. The topological polar surface area (TPSA) is 33.1 Å². The van der Waals surface area contributed by atoms with E-state index in [1.54, 1.807) is 11.3 Å². The van der Waals surface area contributed by atoms with Crippen molar-refractivity contribution in [3.05, 3.63) is 16.1 Å². The Balaban J connectivity index is 1.84. The lowest BCUT2D eigenvalue weighted by Gasteiger charge is -2.05. The fraction of sp³-hybridized carbons (Fsp3) is 0.700. The van der Waals surface area contributed by atoms with Gasteiger partial charge in [-0.05, 0) is 25.7 Å². The number of hydrogen-bond donors (Lipinski definition) is 1. The quantitative estimate of drug-likeness (QED) is 0.805. The van der Waals surface area contributed by atoms with Crippen molar-refractivity contribution in [3.63, 3.8) is 0 Å². The minimum absolute atomic E-state index is 0.328. The molecule has 1 fully saturated rings. The van der Waals surface area contributed by atoms with Crippen molar-refractivity contribution in [2.75, 3.05) is 0 Å². The number of aromatic nitrogens is 1. The molecule has 1 heterocycles. The van der Waals surface area contributed by atoms with Crippen LogP contribution in [-0.4, -0.2) is 10.1 Å². The summed E-state index contributed by atoms with van der Waals surface area (Å²) in [6.45, 7) is 1.97. The summed E-state index contributed by atoms with van der Waals surface area (Å²) in [7, 11) is 0. The maximum atomic E-state index is 9.75. The minimum atomic E-state index is -0.328. The maximum Gasteiger partial charge on any atom is 0.0968 e. The molecule has 0 aromatic carbocycles. The van der Waals surface area contributed by atoms with Crippen molar-refractivity contribution < 1.29 is 5.11 Å². The van der Waals surface area contributed by atoms with E-state index >= 15 is 0 Å². The normalized spacial score (nSPS) is 18.9. The van der Waals surface area contributed by atoms with Gasteiger partial charge in [0.2, 0.25) is 0 Å². The first kappa shape index (κ1) is 9.16. The number of aryl methyl sites for hydroxylation is 1. The second kappa shape index (κ2) is 3.76. The molecule has 0 saturated heterocycles. The van der Waals surface area contributed by atoms with Crippen LogP contribution in [0.1, 0.15) is 42.5 Å². The van der Waals surface area contributed by atoms with E-state index in [-0.39, 0.29) is 6.10 Å². The van der Waals surface area contributed by atoms with E-state index in [9.17, 15) is 5.11 Å². The molecule has 1 unspecified atom stereocenters. The van der Waals surface area contributed by atoms with Crippen molar-refractivity contribution >= 4 is 11.3 Å². The molecule has 1 aromatic rings. The summed E-state index contributed by atoms with van der Waals surface area (Å²) in [5.74, 6) is 0.898. The third-order valence-corrected chi connectivity index (χ3v) is 3.32. The van der Waals surface area contributed by atoms with E-state index in [2.05, 4.69) is 4.98 Å². The van der Waals surface area contributed by atoms with E-state index in [1.165, 1.54) is 12.8 Å². The monoisotopic (exact) mass is 197 g/mol. The predicted molar refractivity (Wildman–Crippen MR) is 53.8 cm³/mol. The van der Waals surface area contributed by atoms with Crippen molar-refractivity contribution in [3.8, 4) is 0 Å². The average Bonchev–Trinajstić information content (AvgIpc) is 2.84. The zero-order valence-electron chi connectivity index (χ0n) is 7.86. The summed E-state index contributed by atoms with van der Waals surface area (Å²) < 4.78 is 0. The summed E-state index contributed by atoms with van der Waals surface area (Å²) in [4.78, 5) is 4.28. The van der Waals surface area contributed by atoms with Crippen LogP contribution >= 0.6 is 11.3 Å². The van der Waals surface area contributed by atoms with Gasteiger partial charge in [-0.3, -0.25) is 0 Å². The van der Waals surface area contributed by atoms with Gasteiger partial charge in [-0.15, -0.1) is 11.3 Å². The number of nitrogens with zero attached hydrogens (tertiary/aromatic N) is 1. The Hall–Kier alpha value is -0.410. The van der Waals surface area contributed by atoms with Gasteiger partial charge in [-0.2, -0.15) is 0 Å². The molecule has 0 aliphatic heterocycles. The highest BCUT2D eigenvalue weighted by atomic mass is 32.1. The molecule has 1 aromatic heterocycles. The smallest absolute Gasteiger partial charge is 0.0968 e. The highest BCUT2D eigenvalue weighted by Crippen LogP contribution is 2.35. The summed E-state index contributed by atoms with van der Waals surface area (Å²) >= 11 is 1.61. The standard InChI is InChI=1S/C10H15NOS/c1-7-11-9(6-13-7)10(12)5-4-8-2-3-8/h6,8,10,12H,2-5H2,1H3. The number of thiazole rings is 1. The SMILES string of the molecule is Cc1nc(C(O)CCC2CC2)cs1. The molecule has 1 atom stereocenters. The number of aliphatic hydroxyl groups is 1. The van der Waals surface area contributed by atoms with Gasteiger partial charge >= 0.3 is 0 Å². The van der Waals surface area contributed by atoms with Crippen LogP contribution < -0.4 is 0 Å². The maximum absolute atomic E-state index is 9.75. The van der Waals surface area contributed by atoms with E-state index in [0.29, 0.717) is 0 Å². The largest absolute Gasteiger partial charge is 0.387 e. The van der Waals surface area contributed by atoms with Crippen LogP contribution in [-0.2, 0) is 0 Å². The molecule has 2 rings (SSSR count). The van der Waals surface area contributed by atoms with Gasteiger partial charge in [-0.1, -0.05) is 12.8 Å². The molecule has 2 nitrogen and oxygen atoms in total. The van der Waals surface area contributed by atoms with Gasteiger partial charge in [-0.25, -0.2) is 4.98 Å². The van der Waals surface area contributed by atoms with Crippen LogP contribution in [0.15, 0.2) is 5.38 Å². The van der Waals surface area contributed by atoms with Gasteiger partial charge in [0.25, 0.3) is 0 Å². The Morgan fingerprint density at radius 1 is 1.69 bits per heavy atom. The number of aliphatic hydroxyl groups excluding tert-OH is 1. The first-order valence-electron chi connectivity index (χ1n) is 4.86. The van der Waals surface area contributed by atoms with Crippen molar-refractivity contribution in [1.29, 1.82) is 0 Å². The molecule has 3 heteroatoms. The molecule has 0 amide bonds. The fourth-order valence-electron chi connectivity index (χ4n) is 1.48. The third kappa shape index (κ3) is 2.51. The fourth-order valence-corrected chi connectivity index (χ4v) is 2.14. The van der Waals surface area contributed by atoms with E-state index in [0.717, 1.165) is 29.5 Å². The van der Waals surface area contributed by atoms with Crippen LogP contribution in [0, 0.1) is 12.8 Å². The molecule has 0 radical (unpaired) electrons. The second-order valence-electron chi connectivity index (χ2n) is 3.83. The second-order valence-corrected chi connectivity index (χ2v) is 4.89. The highest BCUT2D eigenvalue weighted by Gasteiger charge is 2.22. The lowest BCUT2D eigenvalue weighted by Crippen LogP contribution is -1.98. The first-order chi connectivity index (χ1) is 6.25. The molecule has 0 bridgehead atoms. The molecule has 13 heavy (non-hydrogen) atoms. The Bertz CT molecular complexity index is 280. The van der Waals surface area contributed by atoms with E-state index in [1.807, 2.05) is 12.3 Å². The van der Waals surface area contributed by atoms with E-state index < -0.39 is 0 Å². The van der Waals surface area contributed by atoms with Crippen molar-refractivity contribution in [2.45, 2.75) is 38.7 Å². The lowest BCUT2D eigenvalue weighted by atomic mass is 10.1. The molecule has 1 N–H and O–H groups in total. The van der Waals surface area contributed by atoms with Gasteiger partial charge in [0.1, 0.15) is 0 Å². The van der Waals surface area contributed by atoms with Gasteiger partial charge in [0.05, 0.1) is 16.8 Å². The Kier molecular flexibility index (Phi) is 2.65. The average molecular weight is 197 g/mol. The minimum Gasteiger partial charge on any atom is -0.387 e. The first-order valence-corrected chi connectivity index (χ1v) is 5.74. The molecule has 1 aliphatic carbocycles. The van der Waals surface area contributed by atoms with Crippen LogP contribution in [0.3, 0.4) is 0 Å². The van der Waals surface area contributed by atoms with Gasteiger partial charge < -0.3 is 5.11 Å². The zero-order valence-corrected chi connectivity index (χ0v) is 8.68. The van der Waals surface area contributed by atoms with E-state index in [4.69, 9.17) is 0 Å². The van der Waals surface area contributed by atoms with Crippen molar-refractivity contribution in [2.24, 2.45) is 5.92 Å². The van der Waals surface area contributed by atoms with Crippen LogP contribution in [0.5, 0.6) is 0 Å². The number of hydrogen-bond acceptors (Lipinski definition) is 3. The number of rotatable bonds is 4. The zero-order chi connectivity index (χ0) is 9.26. The van der Waals surface area contributed by atoms with Crippen molar-refractivity contribution in [1.82, 2.24) is 4.98 Å². The highest BCUT2D eigenvalue weighted by molar-refractivity contribution is 7.09. The molecule has 0 spiro atoms. The predicted octanol–water partition coefficient (Wildman–Crippen LogP) is 2.68. The van der Waals surface area contributed by atoms with Gasteiger partial charge in [0, 0.05) is 5.38 Å². The van der Waals surface area contributed by atoms with Crippen LogP contribution in [0.4, 0.5) is 0 Å². The Labute approximate surface area is 82.6 Å². The van der Waals surface area contributed by atoms with Gasteiger partial charge in [0.15, 0.2) is 0 Å². The van der Waals surface area contributed by atoms with Crippen LogP contribution in [0.25, 0.3) is 0 Å². The Morgan fingerprint density at radius 2 is 2.46 bits per heavy atom. The summed E-state index contributed by atoms with van der Waals surface area (Å²) in [5, 5.41) is 12.8. The molecular weight excluding hydrogens is 182 g/mol. The lowest BCUT2D eigenvalue weighted by molar-refractivity contribution is 0.158. The van der Waals surface area contributed by atoms with Crippen LogP contribution in [0.2, 0.25) is 0 Å². The third-order valence-electron chi connectivity index (χ3n) is 2.52.